The minimum atomic E-state index is -0.682. The first-order valence-electron chi connectivity index (χ1n) is 4.35. The van der Waals surface area contributed by atoms with Gasteiger partial charge in [-0.25, -0.2) is 9.78 Å². The van der Waals surface area contributed by atoms with Crippen molar-refractivity contribution in [2.45, 2.75) is 6.92 Å². The van der Waals surface area contributed by atoms with E-state index in [1.54, 1.807) is 6.92 Å². The number of hydrogen-bond acceptors (Lipinski definition) is 6. The molecule has 84 valence electrons. The van der Waals surface area contributed by atoms with Crippen molar-refractivity contribution in [2.75, 3.05) is 6.61 Å². The van der Waals surface area contributed by atoms with Gasteiger partial charge in [-0.1, -0.05) is 11.3 Å². The molecule has 0 spiro atoms. The monoisotopic (exact) mass is 303 g/mol. The van der Waals surface area contributed by atoms with Gasteiger partial charge in [0.05, 0.1) is 12.8 Å². The number of aromatic nitrogens is 3. The van der Waals surface area contributed by atoms with Crippen molar-refractivity contribution in [1.82, 2.24) is 14.6 Å². The number of carbonyl (C=O) groups excluding carboxylic acids is 1. The topological polar surface area (TPSA) is 73.6 Å². The average Bonchev–Trinajstić information content (AvgIpc) is 2.60. The van der Waals surface area contributed by atoms with Crippen LogP contribution < -0.4 is 5.56 Å². The molecule has 0 bridgehead atoms. The number of rotatable bonds is 2. The summed E-state index contributed by atoms with van der Waals surface area (Å²) in [5.41, 5.74) is -0.637. The van der Waals surface area contributed by atoms with Crippen LogP contribution in [0.3, 0.4) is 0 Å². The Morgan fingerprint density at radius 1 is 1.69 bits per heavy atom. The second-order valence-electron chi connectivity index (χ2n) is 2.75. The van der Waals surface area contributed by atoms with E-state index in [-0.39, 0.29) is 12.2 Å². The van der Waals surface area contributed by atoms with E-state index in [0.717, 1.165) is 4.52 Å². The van der Waals surface area contributed by atoms with Crippen molar-refractivity contribution in [3.63, 3.8) is 0 Å². The molecule has 0 aromatic carbocycles. The lowest BCUT2D eigenvalue weighted by Crippen LogP contribution is -2.24. The van der Waals surface area contributed by atoms with Crippen LogP contribution >= 0.6 is 27.3 Å². The van der Waals surface area contributed by atoms with Gasteiger partial charge in [0.1, 0.15) is 5.56 Å². The van der Waals surface area contributed by atoms with Crippen LogP contribution in [0.15, 0.2) is 14.9 Å². The van der Waals surface area contributed by atoms with Crippen LogP contribution in [0.2, 0.25) is 0 Å². The van der Waals surface area contributed by atoms with Gasteiger partial charge in [0, 0.05) is 0 Å². The quantitative estimate of drug-likeness (QED) is 0.777. The highest BCUT2D eigenvalue weighted by atomic mass is 79.9. The molecule has 0 saturated heterocycles. The zero-order valence-corrected chi connectivity index (χ0v) is 10.5. The second kappa shape index (κ2) is 4.30. The van der Waals surface area contributed by atoms with Crippen LogP contribution in [-0.4, -0.2) is 27.2 Å². The van der Waals surface area contributed by atoms with Gasteiger partial charge in [-0.3, -0.25) is 4.79 Å². The molecule has 2 heterocycles. The zero-order chi connectivity index (χ0) is 11.7. The van der Waals surface area contributed by atoms with E-state index < -0.39 is 11.5 Å². The van der Waals surface area contributed by atoms with E-state index in [1.165, 1.54) is 17.5 Å². The van der Waals surface area contributed by atoms with Crippen LogP contribution in [0.25, 0.3) is 4.96 Å². The Bertz CT molecular complexity index is 606. The van der Waals surface area contributed by atoms with Crippen molar-refractivity contribution < 1.29 is 9.53 Å². The molecule has 8 heteroatoms. The van der Waals surface area contributed by atoms with Gasteiger partial charge in [-0.15, -0.1) is 5.10 Å². The number of fused-ring (bicyclic) bond motifs is 1. The maximum absolute atomic E-state index is 11.8. The smallest absolute Gasteiger partial charge is 0.345 e. The highest BCUT2D eigenvalue weighted by Crippen LogP contribution is 2.16. The van der Waals surface area contributed by atoms with Gasteiger partial charge >= 0.3 is 5.97 Å². The van der Waals surface area contributed by atoms with Crippen LogP contribution in [0.1, 0.15) is 17.3 Å². The summed E-state index contributed by atoms with van der Waals surface area (Å²) in [7, 11) is 0. The highest BCUT2D eigenvalue weighted by molar-refractivity contribution is 9.11. The van der Waals surface area contributed by atoms with Crippen LogP contribution in [0, 0.1) is 0 Å². The van der Waals surface area contributed by atoms with Gasteiger partial charge in [-0.05, 0) is 22.9 Å². The molecule has 0 N–H and O–H groups in total. The summed E-state index contributed by atoms with van der Waals surface area (Å²) in [6.45, 7) is 1.88. The molecule has 0 aliphatic rings. The van der Waals surface area contributed by atoms with Gasteiger partial charge < -0.3 is 4.74 Å². The molecule has 0 fully saturated rings. The molecule has 2 aromatic rings. The predicted octanol–water partition coefficient (Wildman–Crippen LogP) is 1.09. The summed E-state index contributed by atoms with van der Waals surface area (Å²) in [6, 6.07) is 0. The van der Waals surface area contributed by atoms with Crippen molar-refractivity contribution >= 4 is 38.2 Å². The summed E-state index contributed by atoms with van der Waals surface area (Å²) in [6.07, 6.45) is 1.21. The minimum absolute atomic E-state index is 0.114. The molecule has 0 saturated carbocycles. The average molecular weight is 304 g/mol. The Morgan fingerprint density at radius 2 is 2.44 bits per heavy atom. The number of ether oxygens (including phenoxy) is 1. The Balaban J connectivity index is 2.60. The van der Waals surface area contributed by atoms with Crippen molar-refractivity contribution in [1.29, 1.82) is 0 Å². The lowest BCUT2D eigenvalue weighted by Gasteiger charge is -1.99. The maximum atomic E-state index is 11.8. The van der Waals surface area contributed by atoms with Crippen molar-refractivity contribution in [3.8, 4) is 0 Å². The number of hydrogen-bond donors (Lipinski definition) is 0. The third kappa shape index (κ3) is 1.85. The van der Waals surface area contributed by atoms with Crippen molar-refractivity contribution in [2.24, 2.45) is 0 Å². The van der Waals surface area contributed by atoms with E-state index in [1.807, 2.05) is 0 Å². The molecule has 0 aliphatic heterocycles. The molecule has 0 radical (unpaired) electrons. The van der Waals surface area contributed by atoms with Crippen LogP contribution in [0.4, 0.5) is 0 Å². The zero-order valence-electron chi connectivity index (χ0n) is 8.14. The van der Waals surface area contributed by atoms with Gasteiger partial charge in [0.25, 0.3) is 5.56 Å². The molecule has 0 aliphatic carbocycles. The summed E-state index contributed by atoms with van der Waals surface area (Å²) < 4.78 is 6.33. The molecule has 0 atom stereocenters. The lowest BCUT2D eigenvalue weighted by molar-refractivity contribution is 0.0523. The molecular formula is C8H6BrN3O3S. The Kier molecular flexibility index (Phi) is 3.01. The molecule has 6 nitrogen and oxygen atoms in total. The molecular weight excluding hydrogens is 298 g/mol. The van der Waals surface area contributed by atoms with E-state index in [9.17, 15) is 9.59 Å². The number of nitrogens with zero attached hydrogens (tertiary/aromatic N) is 3. The van der Waals surface area contributed by atoms with Gasteiger partial charge in [0.15, 0.2) is 3.92 Å². The Labute approximate surface area is 102 Å². The van der Waals surface area contributed by atoms with Crippen LogP contribution in [0.5, 0.6) is 0 Å². The normalized spacial score (nSPS) is 10.6. The van der Waals surface area contributed by atoms with E-state index >= 15 is 0 Å². The lowest BCUT2D eigenvalue weighted by atomic mass is 10.3. The van der Waals surface area contributed by atoms with Gasteiger partial charge in [-0.2, -0.15) is 4.52 Å². The van der Waals surface area contributed by atoms with Gasteiger partial charge in [0.2, 0.25) is 4.96 Å². The highest BCUT2D eigenvalue weighted by Gasteiger charge is 2.16. The molecule has 2 aromatic heterocycles. The Hall–Kier alpha value is -1.28. The summed E-state index contributed by atoms with van der Waals surface area (Å²) in [4.78, 5) is 27.6. The number of esters is 1. The van der Waals surface area contributed by atoms with Crippen molar-refractivity contribution in [3.05, 3.63) is 26.0 Å². The Morgan fingerprint density at radius 3 is 3.12 bits per heavy atom. The molecule has 0 unspecified atom stereocenters. The SMILES string of the molecule is CCOC(=O)c1cnc2sc(Br)nn2c1=O. The molecule has 2 rings (SSSR count). The second-order valence-corrected chi connectivity index (χ2v) is 4.98. The third-order valence-corrected chi connectivity index (χ3v) is 3.11. The van der Waals surface area contributed by atoms with Crippen LogP contribution in [-0.2, 0) is 4.74 Å². The number of carbonyl (C=O) groups is 1. The summed E-state index contributed by atoms with van der Waals surface area (Å²) in [5.74, 6) is -0.682. The standard InChI is InChI=1S/C8H6BrN3O3S/c1-2-15-6(14)4-3-10-8-12(5(4)13)11-7(9)16-8/h3H,2H2,1H3. The first kappa shape index (κ1) is 11.2. The summed E-state index contributed by atoms with van der Waals surface area (Å²) in [5, 5.41) is 3.88. The molecule has 0 amide bonds. The fourth-order valence-electron chi connectivity index (χ4n) is 1.11. The number of halogens is 1. The van der Waals surface area contributed by atoms with E-state index in [4.69, 9.17) is 4.74 Å². The largest absolute Gasteiger partial charge is 0.462 e. The third-order valence-electron chi connectivity index (χ3n) is 1.76. The molecule has 16 heavy (non-hydrogen) atoms. The first-order valence-corrected chi connectivity index (χ1v) is 5.96. The minimum Gasteiger partial charge on any atom is -0.462 e. The fourth-order valence-corrected chi connectivity index (χ4v) is 2.29. The van der Waals surface area contributed by atoms with E-state index in [0.29, 0.717) is 8.88 Å². The van der Waals surface area contributed by atoms with E-state index in [2.05, 4.69) is 26.0 Å². The predicted molar refractivity (Wildman–Crippen MR) is 60.8 cm³/mol. The summed E-state index contributed by atoms with van der Waals surface area (Å²) >= 11 is 4.35. The maximum Gasteiger partial charge on any atom is 0.345 e. The first-order chi connectivity index (χ1) is 7.63. The fraction of sp³-hybridized carbons (Fsp3) is 0.250.